The highest BCUT2D eigenvalue weighted by Gasteiger charge is 2.53. The molecule has 7 heteroatoms. The monoisotopic (exact) mass is 401 g/mol. The summed E-state index contributed by atoms with van der Waals surface area (Å²) >= 11 is 0. The van der Waals surface area contributed by atoms with Crippen molar-refractivity contribution in [2.45, 2.75) is 18.3 Å². The van der Waals surface area contributed by atoms with Crippen molar-refractivity contribution in [2.24, 2.45) is 0 Å². The standard InChI is InChI=1S/C23H23N5O2/c29-22-23(16-18-3-8-24-9-4-18,17-19-5-10-25-11-6-19)20-2-1-7-26-21(20)28(22)27-12-14-30-15-13-27/h1-11H,12-17H2. The van der Waals surface area contributed by atoms with Gasteiger partial charge in [-0.1, -0.05) is 6.07 Å². The first-order chi connectivity index (χ1) is 14.8. The van der Waals surface area contributed by atoms with E-state index in [1.165, 1.54) is 0 Å². The summed E-state index contributed by atoms with van der Waals surface area (Å²) in [5.74, 6) is 0.791. The molecule has 2 aliphatic heterocycles. The lowest BCUT2D eigenvalue weighted by Gasteiger charge is -2.36. The Kier molecular flexibility index (Phi) is 4.98. The maximum Gasteiger partial charge on any atom is 0.254 e. The van der Waals surface area contributed by atoms with Crippen molar-refractivity contribution < 1.29 is 9.53 Å². The minimum Gasteiger partial charge on any atom is -0.379 e. The van der Waals surface area contributed by atoms with E-state index in [4.69, 9.17) is 4.74 Å². The molecule has 2 aliphatic rings. The first-order valence-electron chi connectivity index (χ1n) is 10.2. The van der Waals surface area contributed by atoms with Gasteiger partial charge in [-0.2, -0.15) is 0 Å². The molecule has 0 spiro atoms. The molecule has 0 radical (unpaired) electrons. The van der Waals surface area contributed by atoms with Crippen LogP contribution in [-0.2, 0) is 27.8 Å². The number of carbonyl (C=O) groups is 1. The second-order valence-electron chi connectivity index (χ2n) is 7.70. The molecule has 0 N–H and O–H groups in total. The second-order valence-corrected chi connectivity index (χ2v) is 7.70. The predicted octanol–water partition coefficient (Wildman–Crippen LogP) is 2.19. The molecule has 7 nitrogen and oxygen atoms in total. The third kappa shape index (κ3) is 3.26. The number of morpholine rings is 1. The molecule has 0 bridgehead atoms. The van der Waals surface area contributed by atoms with Gasteiger partial charge in [0.2, 0.25) is 0 Å². The van der Waals surface area contributed by atoms with Crippen LogP contribution in [0, 0.1) is 0 Å². The van der Waals surface area contributed by atoms with Crippen molar-refractivity contribution in [3.8, 4) is 0 Å². The second kappa shape index (κ2) is 7.93. The van der Waals surface area contributed by atoms with Crippen molar-refractivity contribution >= 4 is 11.7 Å². The molecule has 1 fully saturated rings. The summed E-state index contributed by atoms with van der Waals surface area (Å²) in [4.78, 5) is 27.1. The van der Waals surface area contributed by atoms with E-state index in [9.17, 15) is 4.79 Å². The van der Waals surface area contributed by atoms with Crippen LogP contribution < -0.4 is 5.01 Å². The molecule has 0 saturated carbocycles. The molecule has 152 valence electrons. The molecule has 1 saturated heterocycles. The zero-order valence-electron chi connectivity index (χ0n) is 16.6. The van der Waals surface area contributed by atoms with Crippen molar-refractivity contribution in [3.63, 3.8) is 0 Å². The number of fused-ring (bicyclic) bond motifs is 1. The van der Waals surface area contributed by atoms with Crippen molar-refractivity contribution in [2.75, 3.05) is 31.3 Å². The lowest BCUT2D eigenvalue weighted by atomic mass is 9.73. The van der Waals surface area contributed by atoms with Crippen LogP contribution in [-0.4, -0.2) is 52.2 Å². The Morgan fingerprint density at radius 3 is 2.07 bits per heavy atom. The molecule has 5 rings (SSSR count). The number of aromatic nitrogens is 3. The normalized spacial score (nSPS) is 18.4. The van der Waals surface area contributed by atoms with Gasteiger partial charge < -0.3 is 4.74 Å². The number of carbonyl (C=O) groups excluding carboxylic acids is 1. The Hall–Kier alpha value is -3.16. The average molecular weight is 401 g/mol. The fourth-order valence-electron chi connectivity index (χ4n) is 4.47. The Balaban J connectivity index is 1.63. The number of amides is 1. The van der Waals surface area contributed by atoms with Crippen LogP contribution in [0.1, 0.15) is 16.7 Å². The van der Waals surface area contributed by atoms with Gasteiger partial charge in [0, 0.05) is 49.6 Å². The lowest BCUT2D eigenvalue weighted by Crippen LogP contribution is -2.54. The number of nitrogens with zero attached hydrogens (tertiary/aromatic N) is 5. The third-order valence-corrected chi connectivity index (χ3v) is 5.89. The minimum absolute atomic E-state index is 0.0618. The van der Waals surface area contributed by atoms with Crippen LogP contribution in [0.3, 0.4) is 0 Å². The molecule has 1 amide bonds. The van der Waals surface area contributed by atoms with E-state index in [0.717, 1.165) is 22.5 Å². The quantitative estimate of drug-likeness (QED) is 0.653. The Labute approximate surface area is 175 Å². The van der Waals surface area contributed by atoms with E-state index in [2.05, 4.69) is 20.0 Å². The van der Waals surface area contributed by atoms with Crippen LogP contribution in [0.5, 0.6) is 0 Å². The number of hydrogen-bond donors (Lipinski definition) is 0. The molecule has 5 heterocycles. The summed E-state index contributed by atoms with van der Waals surface area (Å²) in [7, 11) is 0. The molecule has 0 atom stereocenters. The van der Waals surface area contributed by atoms with Gasteiger partial charge in [0.1, 0.15) is 0 Å². The topological polar surface area (TPSA) is 71.5 Å². The summed E-state index contributed by atoms with van der Waals surface area (Å²) in [6.45, 7) is 2.55. The Morgan fingerprint density at radius 2 is 1.47 bits per heavy atom. The van der Waals surface area contributed by atoms with Crippen molar-refractivity contribution in [1.29, 1.82) is 0 Å². The summed E-state index contributed by atoms with van der Waals surface area (Å²) in [5, 5.41) is 3.86. The van der Waals surface area contributed by atoms with Crippen LogP contribution in [0.4, 0.5) is 5.82 Å². The van der Waals surface area contributed by atoms with E-state index in [0.29, 0.717) is 39.1 Å². The number of hydrazine groups is 1. The molecular weight excluding hydrogens is 378 g/mol. The smallest absolute Gasteiger partial charge is 0.254 e. The molecular formula is C23H23N5O2. The number of anilines is 1. The van der Waals surface area contributed by atoms with Gasteiger partial charge in [-0.25, -0.2) is 15.0 Å². The Morgan fingerprint density at radius 1 is 0.867 bits per heavy atom. The number of hydrogen-bond acceptors (Lipinski definition) is 6. The van der Waals surface area contributed by atoms with E-state index in [1.807, 2.05) is 36.4 Å². The molecule has 0 aliphatic carbocycles. The highest BCUT2D eigenvalue weighted by atomic mass is 16.5. The van der Waals surface area contributed by atoms with Gasteiger partial charge in [0.25, 0.3) is 5.91 Å². The predicted molar refractivity (Wildman–Crippen MR) is 112 cm³/mol. The molecule has 30 heavy (non-hydrogen) atoms. The zero-order chi connectivity index (χ0) is 20.4. The van der Waals surface area contributed by atoms with E-state index < -0.39 is 5.41 Å². The summed E-state index contributed by atoms with van der Waals surface area (Å²) in [6.07, 6.45) is 10.0. The van der Waals surface area contributed by atoms with E-state index in [1.54, 1.807) is 36.0 Å². The van der Waals surface area contributed by atoms with Gasteiger partial charge in [-0.05, 0) is 54.3 Å². The van der Waals surface area contributed by atoms with Gasteiger partial charge in [-0.15, -0.1) is 0 Å². The summed E-state index contributed by atoms with van der Waals surface area (Å²) in [5.41, 5.74) is 2.37. The summed E-state index contributed by atoms with van der Waals surface area (Å²) < 4.78 is 5.51. The van der Waals surface area contributed by atoms with Crippen molar-refractivity contribution in [1.82, 2.24) is 20.0 Å². The number of pyridine rings is 3. The highest BCUT2D eigenvalue weighted by Crippen LogP contribution is 2.45. The van der Waals surface area contributed by atoms with Crippen LogP contribution >= 0.6 is 0 Å². The molecule has 0 unspecified atom stereocenters. The van der Waals surface area contributed by atoms with Gasteiger partial charge in [-0.3, -0.25) is 14.8 Å². The summed E-state index contributed by atoms with van der Waals surface area (Å²) in [6, 6.07) is 11.9. The number of ether oxygens (including phenoxy) is 1. The lowest BCUT2D eigenvalue weighted by molar-refractivity contribution is -0.127. The molecule has 3 aromatic heterocycles. The van der Waals surface area contributed by atoms with Gasteiger partial charge in [0.15, 0.2) is 5.82 Å². The SMILES string of the molecule is O=C1N(N2CCOCC2)c2ncccc2C1(Cc1ccncc1)Cc1ccncc1. The third-order valence-electron chi connectivity index (χ3n) is 5.89. The Bertz CT molecular complexity index is 981. The average Bonchev–Trinajstić information content (AvgIpc) is 3.04. The first kappa shape index (κ1) is 18.8. The fourth-order valence-corrected chi connectivity index (χ4v) is 4.47. The van der Waals surface area contributed by atoms with E-state index in [-0.39, 0.29) is 5.91 Å². The van der Waals surface area contributed by atoms with Gasteiger partial charge in [0.05, 0.1) is 18.6 Å². The van der Waals surface area contributed by atoms with Crippen LogP contribution in [0.2, 0.25) is 0 Å². The van der Waals surface area contributed by atoms with Gasteiger partial charge >= 0.3 is 0 Å². The van der Waals surface area contributed by atoms with Crippen molar-refractivity contribution in [3.05, 3.63) is 84.1 Å². The highest BCUT2D eigenvalue weighted by molar-refractivity contribution is 6.07. The molecule has 3 aromatic rings. The van der Waals surface area contributed by atoms with Crippen LogP contribution in [0.25, 0.3) is 0 Å². The fraction of sp³-hybridized carbons (Fsp3) is 0.304. The maximum absolute atomic E-state index is 14.2. The van der Waals surface area contributed by atoms with Crippen LogP contribution in [0.15, 0.2) is 67.4 Å². The largest absolute Gasteiger partial charge is 0.379 e. The maximum atomic E-state index is 14.2. The number of rotatable bonds is 5. The molecule has 0 aromatic carbocycles. The first-order valence-corrected chi connectivity index (χ1v) is 10.2. The van der Waals surface area contributed by atoms with E-state index >= 15 is 0 Å². The zero-order valence-corrected chi connectivity index (χ0v) is 16.6. The minimum atomic E-state index is -0.745.